The predicted molar refractivity (Wildman–Crippen MR) is 124 cm³/mol. The SMILES string of the molecule is O=S(=O)(Nc1ccc(Cl)cc1/C(=N/OC/C=C/c1ccccc1)c1ccccc1)C(F)(F)F. The number of sulfonamides is 1. The quantitative estimate of drug-likeness (QED) is 0.234. The van der Waals surface area contributed by atoms with Crippen molar-refractivity contribution in [1.82, 2.24) is 0 Å². The predicted octanol–water partition coefficient (Wildman–Crippen LogP) is 6.08. The van der Waals surface area contributed by atoms with Crippen molar-refractivity contribution in [3.63, 3.8) is 0 Å². The lowest BCUT2D eigenvalue weighted by atomic mass is 10.0. The first-order valence-electron chi connectivity index (χ1n) is 9.53. The minimum atomic E-state index is -5.66. The summed E-state index contributed by atoms with van der Waals surface area (Å²) in [7, 11) is -5.66. The fourth-order valence-electron chi connectivity index (χ4n) is 2.75. The zero-order valence-electron chi connectivity index (χ0n) is 17.0. The third-order valence-corrected chi connectivity index (χ3v) is 5.60. The van der Waals surface area contributed by atoms with E-state index in [2.05, 4.69) is 5.16 Å². The molecule has 33 heavy (non-hydrogen) atoms. The van der Waals surface area contributed by atoms with Gasteiger partial charge in [-0.15, -0.1) is 0 Å². The van der Waals surface area contributed by atoms with Crippen LogP contribution in [0.1, 0.15) is 16.7 Å². The zero-order valence-corrected chi connectivity index (χ0v) is 18.5. The van der Waals surface area contributed by atoms with E-state index in [1.165, 1.54) is 12.1 Å². The molecule has 0 unspecified atom stereocenters. The maximum absolute atomic E-state index is 12.9. The first-order chi connectivity index (χ1) is 15.7. The molecule has 0 aromatic heterocycles. The summed E-state index contributed by atoms with van der Waals surface area (Å²) >= 11 is 6.05. The van der Waals surface area contributed by atoms with E-state index in [1.807, 2.05) is 36.4 Å². The Morgan fingerprint density at radius 2 is 1.64 bits per heavy atom. The molecule has 10 heteroatoms. The summed E-state index contributed by atoms with van der Waals surface area (Å²) in [6.07, 6.45) is 3.53. The van der Waals surface area contributed by atoms with Gasteiger partial charge in [0.05, 0.1) is 5.69 Å². The maximum atomic E-state index is 12.9. The molecule has 0 saturated carbocycles. The number of alkyl halides is 3. The van der Waals surface area contributed by atoms with Crippen molar-refractivity contribution in [3.8, 4) is 0 Å². The Hall–Kier alpha value is -3.30. The Bertz CT molecular complexity index is 1250. The van der Waals surface area contributed by atoms with Crippen LogP contribution in [0.5, 0.6) is 0 Å². The van der Waals surface area contributed by atoms with Gasteiger partial charge in [0.2, 0.25) is 0 Å². The lowest BCUT2D eigenvalue weighted by Crippen LogP contribution is -2.30. The number of benzene rings is 3. The van der Waals surface area contributed by atoms with Crippen molar-refractivity contribution in [2.45, 2.75) is 5.51 Å². The summed E-state index contributed by atoms with van der Waals surface area (Å²) in [6, 6.07) is 21.6. The average molecular weight is 495 g/mol. The molecule has 0 aliphatic heterocycles. The molecule has 0 aliphatic rings. The van der Waals surface area contributed by atoms with Gasteiger partial charge in [0, 0.05) is 16.1 Å². The van der Waals surface area contributed by atoms with E-state index in [4.69, 9.17) is 16.4 Å². The fourth-order valence-corrected chi connectivity index (χ4v) is 3.51. The largest absolute Gasteiger partial charge is 0.516 e. The molecule has 3 rings (SSSR count). The number of anilines is 1. The van der Waals surface area contributed by atoms with Gasteiger partial charge in [0.25, 0.3) is 0 Å². The summed E-state index contributed by atoms with van der Waals surface area (Å²) < 4.78 is 63.8. The van der Waals surface area contributed by atoms with Crippen molar-refractivity contribution in [1.29, 1.82) is 0 Å². The highest BCUT2D eigenvalue weighted by Gasteiger charge is 2.46. The number of rotatable bonds is 8. The maximum Gasteiger partial charge on any atom is 0.516 e. The molecule has 1 N–H and O–H groups in total. The van der Waals surface area contributed by atoms with Crippen LogP contribution in [-0.4, -0.2) is 26.2 Å². The van der Waals surface area contributed by atoms with Crippen molar-refractivity contribution in [3.05, 3.63) is 107 Å². The smallest absolute Gasteiger partial charge is 0.391 e. The first-order valence-corrected chi connectivity index (χ1v) is 11.4. The minimum absolute atomic E-state index is 0.0218. The summed E-state index contributed by atoms with van der Waals surface area (Å²) in [6.45, 7) is 0.0649. The number of hydrogen-bond donors (Lipinski definition) is 1. The number of hydrogen-bond acceptors (Lipinski definition) is 4. The molecule has 172 valence electrons. The first kappa shape index (κ1) is 24.3. The van der Waals surface area contributed by atoms with E-state index in [9.17, 15) is 21.6 Å². The van der Waals surface area contributed by atoms with E-state index in [0.29, 0.717) is 5.56 Å². The Kier molecular flexibility index (Phi) is 7.78. The van der Waals surface area contributed by atoms with Crippen molar-refractivity contribution in [2.24, 2.45) is 5.16 Å². The molecule has 0 heterocycles. The molecule has 3 aromatic rings. The van der Waals surface area contributed by atoms with Crippen LogP contribution in [0.25, 0.3) is 6.08 Å². The van der Waals surface area contributed by atoms with Crippen LogP contribution in [0, 0.1) is 0 Å². The summed E-state index contributed by atoms with van der Waals surface area (Å²) in [5.41, 5.74) is -4.28. The highest BCUT2D eigenvalue weighted by atomic mass is 35.5. The monoisotopic (exact) mass is 494 g/mol. The number of halogens is 4. The van der Waals surface area contributed by atoms with E-state index >= 15 is 0 Å². The molecule has 0 fully saturated rings. The van der Waals surface area contributed by atoms with Gasteiger partial charge < -0.3 is 4.84 Å². The molecule has 0 radical (unpaired) electrons. The average Bonchev–Trinajstić information content (AvgIpc) is 2.78. The molecule has 0 saturated heterocycles. The molecule has 5 nitrogen and oxygen atoms in total. The van der Waals surface area contributed by atoms with Crippen LogP contribution in [-0.2, 0) is 14.9 Å². The standard InChI is InChI=1S/C23H18ClF3N2O3S/c24-19-13-14-21(29-33(30,31)23(25,26)27)20(16-19)22(18-11-5-2-6-12-18)28-32-15-7-10-17-8-3-1-4-9-17/h1-14,16,29H,15H2/b10-7+,28-22+. The molecular weight excluding hydrogens is 477 g/mol. The lowest BCUT2D eigenvalue weighted by Gasteiger charge is -2.16. The van der Waals surface area contributed by atoms with Gasteiger partial charge in [-0.3, -0.25) is 4.72 Å². The van der Waals surface area contributed by atoms with Crippen LogP contribution < -0.4 is 4.72 Å². The molecule has 0 bridgehead atoms. The Balaban J connectivity index is 1.95. The fraction of sp³-hybridized carbons (Fsp3) is 0.0870. The molecular formula is C23H18ClF3N2O3S. The van der Waals surface area contributed by atoms with Crippen LogP contribution in [0.2, 0.25) is 5.02 Å². The zero-order chi connectivity index (χ0) is 23.9. The Morgan fingerprint density at radius 3 is 2.27 bits per heavy atom. The van der Waals surface area contributed by atoms with Crippen LogP contribution in [0.3, 0.4) is 0 Å². The lowest BCUT2D eigenvalue weighted by molar-refractivity contribution is -0.0429. The second kappa shape index (κ2) is 10.5. The highest BCUT2D eigenvalue weighted by Crippen LogP contribution is 2.30. The van der Waals surface area contributed by atoms with Crippen LogP contribution >= 0.6 is 11.6 Å². The number of oxime groups is 1. The molecule has 0 atom stereocenters. The summed E-state index contributed by atoms with van der Waals surface area (Å²) in [5.74, 6) is 0. The highest BCUT2D eigenvalue weighted by molar-refractivity contribution is 7.93. The Morgan fingerprint density at radius 1 is 1.00 bits per heavy atom. The van der Waals surface area contributed by atoms with Crippen molar-refractivity contribution in [2.75, 3.05) is 11.3 Å². The number of nitrogens with one attached hydrogen (secondary N) is 1. The number of nitrogens with zero attached hydrogens (tertiary/aromatic N) is 1. The molecule has 0 amide bonds. The second-order valence-electron chi connectivity index (χ2n) is 6.66. The van der Waals surface area contributed by atoms with E-state index in [0.717, 1.165) is 11.6 Å². The second-order valence-corrected chi connectivity index (χ2v) is 8.77. The third-order valence-electron chi connectivity index (χ3n) is 4.27. The van der Waals surface area contributed by atoms with Gasteiger partial charge in [-0.2, -0.15) is 21.6 Å². The molecule has 3 aromatic carbocycles. The summed E-state index contributed by atoms with van der Waals surface area (Å²) in [4.78, 5) is 5.38. The van der Waals surface area contributed by atoms with E-state index in [-0.39, 0.29) is 28.6 Å². The van der Waals surface area contributed by atoms with Gasteiger partial charge in [0.15, 0.2) is 0 Å². The van der Waals surface area contributed by atoms with E-state index < -0.39 is 15.5 Å². The molecule has 0 spiro atoms. The normalized spacial score (nSPS) is 12.7. The third kappa shape index (κ3) is 6.59. The van der Waals surface area contributed by atoms with Crippen molar-refractivity contribution >= 4 is 39.1 Å². The van der Waals surface area contributed by atoms with Gasteiger partial charge in [-0.05, 0) is 29.8 Å². The van der Waals surface area contributed by atoms with Gasteiger partial charge in [-0.25, -0.2) is 0 Å². The Labute approximate surface area is 194 Å². The molecule has 0 aliphatic carbocycles. The minimum Gasteiger partial charge on any atom is -0.391 e. The van der Waals surface area contributed by atoms with Gasteiger partial charge >= 0.3 is 15.5 Å². The van der Waals surface area contributed by atoms with E-state index in [1.54, 1.807) is 41.1 Å². The van der Waals surface area contributed by atoms with Crippen LogP contribution in [0.4, 0.5) is 18.9 Å². The summed E-state index contributed by atoms with van der Waals surface area (Å²) in [5, 5.41) is 4.25. The van der Waals surface area contributed by atoms with Gasteiger partial charge in [0.1, 0.15) is 12.3 Å². The van der Waals surface area contributed by atoms with Gasteiger partial charge in [-0.1, -0.05) is 83.5 Å². The van der Waals surface area contributed by atoms with Crippen LogP contribution in [0.15, 0.2) is 90.1 Å². The topological polar surface area (TPSA) is 67.8 Å². The van der Waals surface area contributed by atoms with Crippen molar-refractivity contribution < 1.29 is 26.4 Å².